The molecule has 2 aromatic heterocycles. The Morgan fingerprint density at radius 1 is 1.00 bits per heavy atom. The third-order valence-corrected chi connectivity index (χ3v) is 9.02. The summed E-state index contributed by atoms with van der Waals surface area (Å²) in [7, 11) is 3.66. The van der Waals surface area contributed by atoms with Crippen LogP contribution in [0.1, 0.15) is 47.3 Å². The number of nitrogens with zero attached hydrogens (tertiary/aromatic N) is 2. The maximum Gasteiger partial charge on any atom is 0.201 e. The van der Waals surface area contributed by atoms with E-state index < -0.39 is 0 Å². The number of carbonyl (C=O) groups is 1. The molecule has 0 aliphatic heterocycles. The summed E-state index contributed by atoms with van der Waals surface area (Å²) in [6.07, 6.45) is 2.26. The van der Waals surface area contributed by atoms with Crippen molar-refractivity contribution in [3.63, 3.8) is 0 Å². The molecule has 1 atom stereocenters. The Hall–Kier alpha value is -4.07. The van der Waals surface area contributed by atoms with Crippen molar-refractivity contribution in [2.24, 2.45) is 5.92 Å². The van der Waals surface area contributed by atoms with Gasteiger partial charge in [0.25, 0.3) is 0 Å². The van der Waals surface area contributed by atoms with E-state index in [-0.39, 0.29) is 35.1 Å². The Balaban J connectivity index is 1.74. The molecule has 0 spiro atoms. The highest BCUT2D eigenvalue weighted by Crippen LogP contribution is 2.39. The van der Waals surface area contributed by atoms with Gasteiger partial charge in [0, 0.05) is 35.6 Å². The zero-order valence-corrected chi connectivity index (χ0v) is 25.2. The molecule has 0 amide bonds. The average Bonchev–Trinajstić information content (AvgIpc) is 3.38. The highest BCUT2D eigenvalue weighted by molar-refractivity contribution is 7.22. The molecule has 0 bridgehead atoms. The number of aromatic nitrogens is 1. The molecule has 0 saturated carbocycles. The van der Waals surface area contributed by atoms with Crippen molar-refractivity contribution in [3.05, 3.63) is 123 Å². The van der Waals surface area contributed by atoms with Crippen molar-refractivity contribution < 1.29 is 13.9 Å². The lowest BCUT2D eigenvalue weighted by atomic mass is 9.96. The van der Waals surface area contributed by atoms with Gasteiger partial charge in [0.15, 0.2) is 5.78 Å². The Morgan fingerprint density at radius 2 is 1.69 bits per heavy atom. The van der Waals surface area contributed by atoms with Crippen molar-refractivity contribution in [3.8, 4) is 16.2 Å². The summed E-state index contributed by atoms with van der Waals surface area (Å²) in [5, 5.41) is 0.524. The number of rotatable bonds is 11. The number of ketones is 1. The lowest BCUT2D eigenvalue weighted by Crippen LogP contribution is -2.24. The van der Waals surface area contributed by atoms with Crippen molar-refractivity contribution in [2.45, 2.75) is 39.9 Å². The quantitative estimate of drug-likeness (QED) is 0.149. The van der Waals surface area contributed by atoms with Crippen LogP contribution in [-0.2, 0) is 19.6 Å². The van der Waals surface area contributed by atoms with Gasteiger partial charge in [-0.1, -0.05) is 62.4 Å². The molecule has 0 aliphatic rings. The molecule has 3 aromatic carbocycles. The molecule has 42 heavy (non-hydrogen) atoms. The molecular weight excluding hydrogens is 547 g/mol. The van der Waals surface area contributed by atoms with Crippen LogP contribution in [0, 0.1) is 11.7 Å². The maximum atomic E-state index is 14.8. The summed E-state index contributed by atoms with van der Waals surface area (Å²) in [6, 6.07) is 24.6. The number of carbonyl (C=O) groups excluding carboxylic acids is 1. The van der Waals surface area contributed by atoms with E-state index in [0.29, 0.717) is 30.5 Å². The lowest BCUT2D eigenvalue weighted by Gasteiger charge is -2.18. The first-order valence-electron chi connectivity index (χ1n) is 14.1. The number of methoxy groups -OCH3 is 1. The fraction of sp³-hybridized carbons (Fsp3) is 0.257. The van der Waals surface area contributed by atoms with Crippen LogP contribution in [0.15, 0.2) is 89.9 Å². The van der Waals surface area contributed by atoms with Crippen LogP contribution in [0.2, 0.25) is 0 Å². The number of benzene rings is 3. The van der Waals surface area contributed by atoms with Crippen LogP contribution < -0.4 is 10.2 Å². The first kappa shape index (κ1) is 29.4. The van der Waals surface area contributed by atoms with Crippen molar-refractivity contribution in [2.75, 3.05) is 14.2 Å². The molecule has 0 fully saturated rings. The molecule has 5 rings (SSSR count). The second-order valence-electron chi connectivity index (χ2n) is 10.7. The van der Waals surface area contributed by atoms with Gasteiger partial charge < -0.3 is 9.30 Å². The van der Waals surface area contributed by atoms with Gasteiger partial charge in [0.2, 0.25) is 5.43 Å². The zero-order chi connectivity index (χ0) is 29.8. The van der Waals surface area contributed by atoms with Gasteiger partial charge in [-0.25, -0.2) is 4.39 Å². The van der Waals surface area contributed by atoms with E-state index in [1.165, 1.54) is 17.4 Å². The fourth-order valence-corrected chi connectivity index (χ4v) is 6.49. The number of ether oxygens (including phenoxy) is 1. The summed E-state index contributed by atoms with van der Waals surface area (Å²) in [5.74, 6) is -0.0782. The van der Waals surface area contributed by atoms with E-state index in [0.717, 1.165) is 32.1 Å². The molecule has 5 nitrogen and oxygen atoms in total. The highest BCUT2D eigenvalue weighted by Gasteiger charge is 2.26. The van der Waals surface area contributed by atoms with E-state index in [4.69, 9.17) is 4.74 Å². The van der Waals surface area contributed by atoms with E-state index >= 15 is 0 Å². The molecule has 7 heteroatoms. The Morgan fingerprint density at radius 3 is 2.36 bits per heavy atom. The molecule has 0 N–H and O–H groups in total. The normalized spacial score (nSPS) is 12.1. The molecule has 0 radical (unpaired) electrons. The molecule has 2 heterocycles. The smallest absolute Gasteiger partial charge is 0.201 e. The van der Waals surface area contributed by atoms with Crippen molar-refractivity contribution in [1.82, 2.24) is 9.47 Å². The highest BCUT2D eigenvalue weighted by atomic mass is 32.1. The minimum atomic E-state index is -0.325. The molecule has 216 valence electrons. The van der Waals surface area contributed by atoms with Gasteiger partial charge in [-0.15, -0.1) is 11.3 Å². The fourth-order valence-electron chi connectivity index (χ4n) is 5.20. The molecule has 0 saturated heterocycles. The van der Waals surface area contributed by atoms with Gasteiger partial charge in [-0.2, -0.15) is 0 Å². The molecule has 1 unspecified atom stereocenters. The van der Waals surface area contributed by atoms with E-state index in [9.17, 15) is 14.0 Å². The Bertz CT molecular complexity index is 1760. The zero-order valence-electron chi connectivity index (χ0n) is 24.4. The predicted octanol–water partition coefficient (Wildman–Crippen LogP) is 7.79. The third kappa shape index (κ3) is 6.08. The first-order chi connectivity index (χ1) is 20.3. The summed E-state index contributed by atoms with van der Waals surface area (Å²) < 4.78 is 22.1. The number of fused-ring (bicyclic) bond motifs is 1. The summed E-state index contributed by atoms with van der Waals surface area (Å²) in [6.45, 7) is 5.17. The van der Waals surface area contributed by atoms with Gasteiger partial charge in [-0.3, -0.25) is 14.5 Å². The van der Waals surface area contributed by atoms with E-state index in [2.05, 4.69) is 17.0 Å². The van der Waals surface area contributed by atoms with Crippen LogP contribution in [0.3, 0.4) is 0 Å². The largest absolute Gasteiger partial charge is 0.497 e. The van der Waals surface area contributed by atoms with Crippen molar-refractivity contribution >= 4 is 27.3 Å². The van der Waals surface area contributed by atoms with Gasteiger partial charge in [0.05, 0.1) is 24.6 Å². The van der Waals surface area contributed by atoms with Crippen LogP contribution in [0.5, 0.6) is 5.75 Å². The van der Waals surface area contributed by atoms with Gasteiger partial charge >= 0.3 is 0 Å². The second-order valence-corrected chi connectivity index (χ2v) is 11.7. The third-order valence-electron chi connectivity index (χ3n) is 7.71. The van der Waals surface area contributed by atoms with E-state index in [1.54, 1.807) is 31.5 Å². The Labute approximate surface area is 249 Å². The number of Topliss-reactive ketones (excluding diaryl/α,β-unsaturated/α-hetero) is 1. The van der Waals surface area contributed by atoms with Crippen LogP contribution >= 0.6 is 11.3 Å². The molecule has 5 aromatic rings. The van der Waals surface area contributed by atoms with Crippen LogP contribution in [0.4, 0.5) is 4.39 Å². The summed E-state index contributed by atoms with van der Waals surface area (Å²) >= 11 is 1.50. The standard InChI is InChI=1S/C35H35FN2O3S/c1-5-23(2)32(39)29-22-38(20-26-13-9-10-14-30(26)36)35-31(33(29)40)28(21-37(3)19-24-11-7-6-8-12-24)34(42-35)25-15-17-27(41-4)18-16-25/h6-18,22-23H,5,19-21H2,1-4H3. The van der Waals surface area contributed by atoms with Crippen LogP contribution in [0.25, 0.3) is 20.7 Å². The summed E-state index contributed by atoms with van der Waals surface area (Å²) in [5.41, 5.74) is 3.36. The second kappa shape index (κ2) is 12.8. The lowest BCUT2D eigenvalue weighted by molar-refractivity contribution is 0.0925. The number of pyridine rings is 1. The summed E-state index contributed by atoms with van der Waals surface area (Å²) in [4.78, 5) is 31.6. The van der Waals surface area contributed by atoms with E-state index in [1.807, 2.05) is 67.9 Å². The van der Waals surface area contributed by atoms with Crippen molar-refractivity contribution in [1.29, 1.82) is 0 Å². The maximum absolute atomic E-state index is 14.8. The SMILES string of the molecule is CCC(C)C(=O)c1cn(Cc2ccccc2F)c2sc(-c3ccc(OC)cc3)c(CN(C)Cc3ccccc3)c2c1=O. The van der Waals surface area contributed by atoms with Gasteiger partial charge in [-0.05, 0) is 60.5 Å². The number of hydrogen-bond acceptors (Lipinski definition) is 5. The topological polar surface area (TPSA) is 51.5 Å². The monoisotopic (exact) mass is 582 g/mol. The number of halogens is 1. The Kier molecular flexibility index (Phi) is 9.00. The number of hydrogen-bond donors (Lipinski definition) is 0. The average molecular weight is 583 g/mol. The van der Waals surface area contributed by atoms with Crippen LogP contribution in [-0.4, -0.2) is 29.4 Å². The minimum Gasteiger partial charge on any atom is -0.497 e. The molecule has 0 aliphatic carbocycles. The molecular formula is C35H35FN2O3S. The predicted molar refractivity (Wildman–Crippen MR) is 169 cm³/mol. The van der Waals surface area contributed by atoms with Gasteiger partial charge in [0.1, 0.15) is 16.4 Å². The number of thiophene rings is 1. The first-order valence-corrected chi connectivity index (χ1v) is 15.0. The minimum absolute atomic E-state index is 0.152.